The third-order valence-electron chi connectivity index (χ3n) is 3.79. The van der Waals surface area contributed by atoms with Crippen LogP contribution in [0.15, 0.2) is 29.2 Å². The Morgan fingerprint density at radius 2 is 2.25 bits per heavy atom. The van der Waals surface area contributed by atoms with Crippen LogP contribution in [0.5, 0.6) is 0 Å². The molecule has 86 valence electrons. The van der Waals surface area contributed by atoms with E-state index in [9.17, 15) is 0 Å². The summed E-state index contributed by atoms with van der Waals surface area (Å²) in [5, 5.41) is 0. The van der Waals surface area contributed by atoms with Gasteiger partial charge in [-0.3, -0.25) is 0 Å². The molecule has 1 aromatic rings. The number of hydrogen-bond donors (Lipinski definition) is 0. The standard InChI is InChI=1S/C14H19NS/c1-11-6-7-15(8-11)9-12-10-16-14-5-3-2-4-13(12)14/h2-5,11-12H,6-10H2,1H3. The molecule has 0 saturated carbocycles. The first kappa shape index (κ1) is 10.7. The van der Waals surface area contributed by atoms with Gasteiger partial charge in [-0.1, -0.05) is 25.1 Å². The van der Waals surface area contributed by atoms with Crippen molar-refractivity contribution in [3.8, 4) is 0 Å². The summed E-state index contributed by atoms with van der Waals surface area (Å²) in [7, 11) is 0. The molecule has 2 aliphatic heterocycles. The quantitative estimate of drug-likeness (QED) is 0.771. The molecule has 2 unspecified atom stereocenters. The number of benzene rings is 1. The molecule has 0 radical (unpaired) electrons. The second-order valence-corrected chi connectivity index (χ2v) is 6.26. The van der Waals surface area contributed by atoms with E-state index in [0.29, 0.717) is 0 Å². The second kappa shape index (κ2) is 4.42. The lowest BCUT2D eigenvalue weighted by molar-refractivity contribution is 0.313. The van der Waals surface area contributed by atoms with E-state index in [0.717, 1.165) is 11.8 Å². The van der Waals surface area contributed by atoms with E-state index in [1.165, 1.54) is 36.7 Å². The summed E-state index contributed by atoms with van der Waals surface area (Å²) >= 11 is 2.03. The molecule has 0 spiro atoms. The van der Waals surface area contributed by atoms with Crippen LogP contribution in [-0.4, -0.2) is 30.3 Å². The summed E-state index contributed by atoms with van der Waals surface area (Å²) in [6.45, 7) is 6.26. The van der Waals surface area contributed by atoms with Crippen LogP contribution in [0, 0.1) is 5.92 Å². The first-order valence-corrected chi connectivity index (χ1v) is 7.25. The van der Waals surface area contributed by atoms with E-state index >= 15 is 0 Å². The van der Waals surface area contributed by atoms with Gasteiger partial charge in [-0.2, -0.15) is 0 Å². The van der Waals surface area contributed by atoms with Crippen LogP contribution in [0.3, 0.4) is 0 Å². The predicted molar refractivity (Wildman–Crippen MR) is 70.1 cm³/mol. The normalized spacial score (nSPS) is 29.6. The summed E-state index contributed by atoms with van der Waals surface area (Å²) in [6.07, 6.45) is 1.39. The van der Waals surface area contributed by atoms with E-state index in [4.69, 9.17) is 0 Å². The third-order valence-corrected chi connectivity index (χ3v) is 5.04. The maximum absolute atomic E-state index is 2.65. The molecular weight excluding hydrogens is 214 g/mol. The molecule has 3 rings (SSSR count). The molecular formula is C14H19NS. The van der Waals surface area contributed by atoms with E-state index in [-0.39, 0.29) is 0 Å². The molecule has 16 heavy (non-hydrogen) atoms. The van der Waals surface area contributed by atoms with Crippen molar-refractivity contribution in [2.75, 3.05) is 25.4 Å². The van der Waals surface area contributed by atoms with Gasteiger partial charge in [0.25, 0.3) is 0 Å². The Morgan fingerprint density at radius 1 is 1.38 bits per heavy atom. The fraction of sp³-hybridized carbons (Fsp3) is 0.571. The average molecular weight is 233 g/mol. The predicted octanol–water partition coefficient (Wildman–Crippen LogP) is 3.22. The smallest absolute Gasteiger partial charge is 0.0108 e. The summed E-state index contributed by atoms with van der Waals surface area (Å²) in [5.41, 5.74) is 1.59. The van der Waals surface area contributed by atoms with Gasteiger partial charge >= 0.3 is 0 Å². The Labute approximate surface area is 102 Å². The lowest BCUT2D eigenvalue weighted by Gasteiger charge is -2.20. The summed E-state index contributed by atoms with van der Waals surface area (Å²) < 4.78 is 0. The Balaban J connectivity index is 1.69. The van der Waals surface area contributed by atoms with Crippen LogP contribution in [0.4, 0.5) is 0 Å². The molecule has 0 amide bonds. The van der Waals surface area contributed by atoms with Crippen molar-refractivity contribution in [2.24, 2.45) is 5.92 Å². The van der Waals surface area contributed by atoms with Crippen molar-refractivity contribution in [1.82, 2.24) is 4.90 Å². The molecule has 0 aromatic heterocycles. The summed E-state index contributed by atoms with van der Waals surface area (Å²) in [4.78, 5) is 4.16. The van der Waals surface area contributed by atoms with Gasteiger partial charge in [0.15, 0.2) is 0 Å². The van der Waals surface area contributed by atoms with E-state index in [2.05, 4.69) is 36.1 Å². The Kier molecular flexibility index (Phi) is 2.95. The number of thioether (sulfide) groups is 1. The topological polar surface area (TPSA) is 3.24 Å². The minimum absolute atomic E-state index is 0.770. The van der Waals surface area contributed by atoms with Crippen LogP contribution in [-0.2, 0) is 0 Å². The number of hydrogen-bond acceptors (Lipinski definition) is 2. The van der Waals surface area contributed by atoms with Crippen molar-refractivity contribution in [2.45, 2.75) is 24.2 Å². The maximum Gasteiger partial charge on any atom is 0.0108 e. The minimum Gasteiger partial charge on any atom is -0.302 e. The van der Waals surface area contributed by atoms with Gasteiger partial charge in [-0.25, -0.2) is 0 Å². The third kappa shape index (κ3) is 2.01. The van der Waals surface area contributed by atoms with Crippen molar-refractivity contribution >= 4 is 11.8 Å². The van der Waals surface area contributed by atoms with E-state index in [1.807, 2.05) is 11.8 Å². The van der Waals surface area contributed by atoms with Crippen LogP contribution in [0.1, 0.15) is 24.8 Å². The Bertz CT molecular complexity index is 377. The fourth-order valence-corrected chi connectivity index (χ4v) is 4.13. The molecule has 1 aromatic carbocycles. The van der Waals surface area contributed by atoms with Crippen LogP contribution in [0.25, 0.3) is 0 Å². The van der Waals surface area contributed by atoms with Crippen molar-refractivity contribution in [3.05, 3.63) is 29.8 Å². The van der Waals surface area contributed by atoms with E-state index in [1.54, 1.807) is 5.56 Å². The lowest BCUT2D eigenvalue weighted by atomic mass is 10.0. The molecule has 1 fully saturated rings. The van der Waals surface area contributed by atoms with E-state index < -0.39 is 0 Å². The van der Waals surface area contributed by atoms with Crippen LogP contribution < -0.4 is 0 Å². The van der Waals surface area contributed by atoms with Crippen molar-refractivity contribution in [1.29, 1.82) is 0 Å². The second-order valence-electron chi connectivity index (χ2n) is 5.20. The Morgan fingerprint density at radius 3 is 3.06 bits per heavy atom. The van der Waals surface area contributed by atoms with Gasteiger partial charge < -0.3 is 4.90 Å². The van der Waals surface area contributed by atoms with Gasteiger partial charge in [-0.15, -0.1) is 11.8 Å². The fourth-order valence-electron chi connectivity index (χ4n) is 2.88. The highest BCUT2D eigenvalue weighted by atomic mass is 32.2. The van der Waals surface area contributed by atoms with Gasteiger partial charge in [-0.05, 0) is 30.5 Å². The molecule has 2 aliphatic rings. The average Bonchev–Trinajstić information content (AvgIpc) is 2.87. The van der Waals surface area contributed by atoms with Crippen LogP contribution in [0.2, 0.25) is 0 Å². The molecule has 1 saturated heterocycles. The number of fused-ring (bicyclic) bond motifs is 1. The minimum atomic E-state index is 0.770. The molecule has 1 nitrogen and oxygen atoms in total. The number of rotatable bonds is 2. The zero-order valence-corrected chi connectivity index (χ0v) is 10.7. The highest BCUT2D eigenvalue weighted by Crippen LogP contribution is 2.40. The number of likely N-dealkylation sites (tertiary alicyclic amines) is 1. The zero-order chi connectivity index (χ0) is 11.0. The zero-order valence-electron chi connectivity index (χ0n) is 9.86. The SMILES string of the molecule is CC1CCN(CC2CSc3ccccc32)C1. The van der Waals surface area contributed by atoms with Crippen molar-refractivity contribution in [3.63, 3.8) is 0 Å². The first-order chi connectivity index (χ1) is 7.83. The summed E-state index contributed by atoms with van der Waals surface area (Å²) in [6, 6.07) is 8.93. The van der Waals surface area contributed by atoms with Crippen molar-refractivity contribution < 1.29 is 0 Å². The lowest BCUT2D eigenvalue weighted by Crippen LogP contribution is -2.26. The molecule has 0 aliphatic carbocycles. The molecule has 0 N–H and O–H groups in total. The first-order valence-electron chi connectivity index (χ1n) is 6.27. The molecule has 2 heteroatoms. The van der Waals surface area contributed by atoms with Gasteiger partial charge in [0, 0.05) is 29.7 Å². The van der Waals surface area contributed by atoms with Gasteiger partial charge in [0.2, 0.25) is 0 Å². The monoisotopic (exact) mass is 233 g/mol. The molecule has 2 atom stereocenters. The highest BCUT2D eigenvalue weighted by Gasteiger charge is 2.27. The molecule has 0 bridgehead atoms. The summed E-state index contributed by atoms with van der Waals surface area (Å²) in [5.74, 6) is 2.96. The molecule has 2 heterocycles. The van der Waals surface area contributed by atoms with Gasteiger partial charge in [0.1, 0.15) is 0 Å². The highest BCUT2D eigenvalue weighted by molar-refractivity contribution is 7.99. The maximum atomic E-state index is 2.65. The van der Waals surface area contributed by atoms with Crippen LogP contribution >= 0.6 is 11.8 Å². The largest absolute Gasteiger partial charge is 0.302 e. The Hall–Kier alpha value is -0.470. The van der Waals surface area contributed by atoms with Gasteiger partial charge in [0.05, 0.1) is 0 Å². The number of nitrogens with zero attached hydrogens (tertiary/aromatic N) is 1.